The van der Waals surface area contributed by atoms with Crippen molar-refractivity contribution in [1.82, 2.24) is 0 Å². The molecule has 1 heteroatoms. The molecular weight excluding hydrogens is 735 g/mol. The van der Waals surface area contributed by atoms with Crippen LogP contribution in [0.5, 0.6) is 0 Å². The van der Waals surface area contributed by atoms with Crippen molar-refractivity contribution in [3.05, 3.63) is 235 Å². The molecule has 0 saturated heterocycles. The maximum atomic E-state index is 2.52. The lowest BCUT2D eigenvalue weighted by atomic mass is 9.79. The minimum atomic E-state index is -0.142. The minimum Gasteiger partial charge on any atom is -0.310 e. The quantitative estimate of drug-likeness (QED) is 0.156. The van der Waals surface area contributed by atoms with Crippen molar-refractivity contribution >= 4 is 17.1 Å². The lowest BCUT2D eigenvalue weighted by Crippen LogP contribution is -2.16. The molecule has 0 heterocycles. The first-order valence-electron chi connectivity index (χ1n) is 21.5. The molecule has 0 aliphatic heterocycles. The Morgan fingerprint density at radius 3 is 1.49 bits per heavy atom. The number of nitrogens with zero attached hydrogens (tertiary/aromatic N) is 1. The summed E-state index contributed by atoms with van der Waals surface area (Å²) in [6, 6.07) is 78.6. The summed E-state index contributed by atoms with van der Waals surface area (Å²) in [7, 11) is 0. The lowest BCUT2D eigenvalue weighted by molar-refractivity contribution is 0.660. The first-order valence-corrected chi connectivity index (χ1v) is 21.5. The average Bonchev–Trinajstić information content (AvgIpc) is 3.69. The summed E-state index contributed by atoms with van der Waals surface area (Å²) in [6.07, 6.45) is 0. The fourth-order valence-electron chi connectivity index (χ4n) is 10.6. The van der Waals surface area contributed by atoms with Crippen LogP contribution in [-0.2, 0) is 10.8 Å². The normalized spacial score (nSPS) is 13.8. The molecule has 1 nitrogen and oxygen atoms in total. The van der Waals surface area contributed by atoms with Gasteiger partial charge in [0.15, 0.2) is 0 Å². The van der Waals surface area contributed by atoms with Crippen LogP contribution in [0.4, 0.5) is 17.1 Å². The van der Waals surface area contributed by atoms with Crippen molar-refractivity contribution < 1.29 is 0 Å². The highest BCUT2D eigenvalue weighted by Crippen LogP contribution is 2.55. The number of anilines is 3. The van der Waals surface area contributed by atoms with Crippen LogP contribution in [0.2, 0.25) is 0 Å². The molecule has 0 atom stereocenters. The van der Waals surface area contributed by atoms with Crippen LogP contribution in [0.3, 0.4) is 0 Å². The third-order valence-electron chi connectivity index (χ3n) is 13.5. The second-order valence-corrected chi connectivity index (χ2v) is 17.7. The van der Waals surface area contributed by atoms with Crippen LogP contribution in [0.15, 0.2) is 212 Å². The van der Waals surface area contributed by atoms with Crippen molar-refractivity contribution in [1.29, 1.82) is 0 Å². The van der Waals surface area contributed by atoms with E-state index < -0.39 is 0 Å². The number of rotatable bonds is 7. The van der Waals surface area contributed by atoms with Crippen molar-refractivity contribution in [3.8, 4) is 66.8 Å². The Bertz CT molecular complexity index is 3130. The second-order valence-electron chi connectivity index (χ2n) is 17.7. The minimum absolute atomic E-state index is 0.0969. The van der Waals surface area contributed by atoms with Gasteiger partial charge in [0, 0.05) is 27.8 Å². The molecule has 0 spiro atoms. The molecule has 2 aliphatic rings. The van der Waals surface area contributed by atoms with E-state index in [1.165, 1.54) is 89.0 Å². The van der Waals surface area contributed by atoms with Crippen LogP contribution in [0.1, 0.15) is 49.9 Å². The van der Waals surface area contributed by atoms with Gasteiger partial charge in [-0.2, -0.15) is 0 Å². The van der Waals surface area contributed by atoms with Crippen molar-refractivity contribution in [2.75, 3.05) is 4.90 Å². The molecule has 0 N–H and O–H groups in total. The van der Waals surface area contributed by atoms with Crippen molar-refractivity contribution in [3.63, 3.8) is 0 Å². The monoisotopic (exact) mass is 781 g/mol. The van der Waals surface area contributed by atoms with Crippen molar-refractivity contribution in [2.24, 2.45) is 0 Å². The maximum Gasteiger partial charge on any atom is 0.0546 e. The zero-order valence-corrected chi connectivity index (χ0v) is 35.2. The van der Waals surface area contributed by atoms with E-state index in [0.29, 0.717) is 0 Å². The van der Waals surface area contributed by atoms with Crippen LogP contribution >= 0.6 is 0 Å². The van der Waals surface area contributed by atoms with Gasteiger partial charge < -0.3 is 4.90 Å². The van der Waals surface area contributed by atoms with E-state index in [0.717, 1.165) is 17.1 Å². The van der Waals surface area contributed by atoms with Crippen LogP contribution in [0.25, 0.3) is 66.8 Å². The Balaban J connectivity index is 1.19. The largest absolute Gasteiger partial charge is 0.310 e. The van der Waals surface area contributed by atoms with Gasteiger partial charge in [-0.25, -0.2) is 0 Å². The van der Waals surface area contributed by atoms with Gasteiger partial charge in [0.25, 0.3) is 0 Å². The van der Waals surface area contributed by atoms with Crippen LogP contribution < -0.4 is 4.90 Å². The van der Waals surface area contributed by atoms with E-state index in [9.17, 15) is 0 Å². The molecular formula is C60H47N. The van der Waals surface area contributed by atoms with E-state index >= 15 is 0 Å². The van der Waals surface area contributed by atoms with Gasteiger partial charge >= 0.3 is 0 Å². The Hall–Kier alpha value is -7.22. The van der Waals surface area contributed by atoms with Crippen LogP contribution in [-0.4, -0.2) is 0 Å². The molecule has 11 rings (SSSR count). The topological polar surface area (TPSA) is 3.24 Å². The average molecular weight is 782 g/mol. The Labute approximate surface area is 360 Å². The molecule has 9 aromatic rings. The number of benzene rings is 9. The second kappa shape index (κ2) is 14.2. The third kappa shape index (κ3) is 5.83. The number of fused-ring (bicyclic) bond motifs is 6. The zero-order valence-electron chi connectivity index (χ0n) is 35.2. The van der Waals surface area contributed by atoms with Gasteiger partial charge in [-0.1, -0.05) is 210 Å². The fraction of sp³-hybridized carbons (Fsp3) is 0.100. The summed E-state index contributed by atoms with van der Waals surface area (Å²) in [4.78, 5) is 2.52. The van der Waals surface area contributed by atoms with Crippen molar-refractivity contribution in [2.45, 2.75) is 38.5 Å². The number of hydrogen-bond donors (Lipinski definition) is 0. The zero-order chi connectivity index (χ0) is 41.3. The predicted octanol–water partition coefficient (Wildman–Crippen LogP) is 16.4. The third-order valence-corrected chi connectivity index (χ3v) is 13.5. The van der Waals surface area contributed by atoms with E-state index in [-0.39, 0.29) is 10.8 Å². The van der Waals surface area contributed by atoms with E-state index in [1.807, 2.05) is 0 Å². The van der Waals surface area contributed by atoms with E-state index in [4.69, 9.17) is 0 Å². The highest BCUT2D eigenvalue weighted by molar-refractivity contribution is 6.02. The summed E-state index contributed by atoms with van der Waals surface area (Å²) < 4.78 is 0. The Kier molecular flexibility index (Phi) is 8.58. The molecule has 0 unspecified atom stereocenters. The molecule has 0 bridgehead atoms. The van der Waals surface area contributed by atoms with Gasteiger partial charge in [0.2, 0.25) is 0 Å². The SMILES string of the molecule is CC1(C)c2ccccc2-c2cc(N(c3cccc(-c4cccc5c4C(C)(C)c4ccccc4-5)c3)c3cccc(-c4ccccc4)c3-c3ccccc3-c3ccccc3)ccc21. The van der Waals surface area contributed by atoms with Gasteiger partial charge in [-0.3, -0.25) is 0 Å². The summed E-state index contributed by atoms with van der Waals surface area (Å²) in [5.74, 6) is 0. The molecule has 9 aromatic carbocycles. The van der Waals surface area contributed by atoms with Gasteiger partial charge in [-0.15, -0.1) is 0 Å². The maximum absolute atomic E-state index is 2.52. The highest BCUT2D eigenvalue weighted by atomic mass is 15.1. The van der Waals surface area contributed by atoms with Gasteiger partial charge in [0.05, 0.1) is 5.69 Å². The molecule has 61 heavy (non-hydrogen) atoms. The first-order chi connectivity index (χ1) is 29.8. The smallest absolute Gasteiger partial charge is 0.0546 e. The highest BCUT2D eigenvalue weighted by Gasteiger charge is 2.38. The Morgan fingerprint density at radius 2 is 0.770 bits per heavy atom. The van der Waals surface area contributed by atoms with E-state index in [2.05, 4.69) is 245 Å². The lowest BCUT2D eigenvalue weighted by Gasteiger charge is -2.31. The van der Waals surface area contributed by atoms with E-state index in [1.54, 1.807) is 0 Å². The molecule has 0 radical (unpaired) electrons. The molecule has 292 valence electrons. The fourth-order valence-corrected chi connectivity index (χ4v) is 10.6. The summed E-state index contributed by atoms with van der Waals surface area (Å²) >= 11 is 0. The molecule has 0 saturated carbocycles. The summed E-state index contributed by atoms with van der Waals surface area (Å²) in [5.41, 5.74) is 23.5. The van der Waals surface area contributed by atoms with Gasteiger partial charge in [-0.05, 0) is 114 Å². The van der Waals surface area contributed by atoms with Crippen LogP contribution in [0, 0.1) is 0 Å². The Morgan fingerprint density at radius 1 is 0.295 bits per heavy atom. The molecule has 2 aliphatic carbocycles. The summed E-state index contributed by atoms with van der Waals surface area (Å²) in [5, 5.41) is 0. The number of hydrogen-bond acceptors (Lipinski definition) is 1. The molecule has 0 fully saturated rings. The van der Waals surface area contributed by atoms with Gasteiger partial charge in [0.1, 0.15) is 0 Å². The molecule has 0 aromatic heterocycles. The molecule has 0 amide bonds. The predicted molar refractivity (Wildman–Crippen MR) is 258 cm³/mol. The first kappa shape index (κ1) is 36.8. The summed E-state index contributed by atoms with van der Waals surface area (Å²) in [6.45, 7) is 9.48. The standard InChI is InChI=1S/C60H47N/c1-59(2)53-33-15-14-28-49(53)52-39-44(36-37-55(52)59)61(43-25-17-24-42(38-43)47-31-18-32-51-48-27-13-16-34-54(48)60(3,4)58(47)51)56-35-19-30-46(41-22-9-6-10-23-41)57(56)50-29-12-11-26-45(50)40-20-7-5-8-21-40/h5-39H,1-4H3.